The highest BCUT2D eigenvalue weighted by atomic mass is 16.5. The Morgan fingerprint density at radius 2 is 2.20 bits per heavy atom. The Balaban J connectivity index is 2.17. The minimum atomic E-state index is 0.106. The first-order valence-corrected chi connectivity index (χ1v) is 5.77. The number of ether oxygens (including phenoxy) is 1. The minimum Gasteiger partial charge on any atom is -0.379 e. The van der Waals surface area contributed by atoms with Gasteiger partial charge in [-0.1, -0.05) is 6.92 Å². The monoisotopic (exact) mass is 211 g/mol. The van der Waals surface area contributed by atoms with Crippen LogP contribution in [0.1, 0.15) is 13.3 Å². The summed E-state index contributed by atoms with van der Waals surface area (Å²) in [6, 6.07) is 2.36. The van der Waals surface area contributed by atoms with Gasteiger partial charge in [-0.15, -0.1) is 0 Å². The molecule has 1 atom stereocenters. The van der Waals surface area contributed by atoms with E-state index in [2.05, 4.69) is 23.2 Å². The Morgan fingerprint density at radius 1 is 1.47 bits per heavy atom. The summed E-state index contributed by atoms with van der Waals surface area (Å²) in [4.78, 5) is 2.31. The van der Waals surface area contributed by atoms with Crippen LogP contribution in [-0.2, 0) is 4.74 Å². The summed E-state index contributed by atoms with van der Waals surface area (Å²) >= 11 is 0. The molecule has 1 aliphatic rings. The zero-order chi connectivity index (χ0) is 10.9. The van der Waals surface area contributed by atoms with Crippen LogP contribution in [0.3, 0.4) is 0 Å². The Morgan fingerprint density at radius 3 is 2.80 bits per heavy atom. The van der Waals surface area contributed by atoms with Gasteiger partial charge >= 0.3 is 0 Å². The first-order valence-electron chi connectivity index (χ1n) is 5.77. The van der Waals surface area contributed by atoms with Gasteiger partial charge in [-0.05, 0) is 13.0 Å². The summed E-state index contributed by atoms with van der Waals surface area (Å²) in [5.41, 5.74) is 0. The van der Waals surface area contributed by atoms with E-state index in [9.17, 15) is 0 Å². The number of hydrogen-bond donors (Lipinski definition) is 1. The summed E-state index contributed by atoms with van der Waals surface area (Å²) in [6.45, 7) is 8.36. The van der Waals surface area contributed by atoms with Crippen molar-refractivity contribution < 1.29 is 4.74 Å². The highest BCUT2D eigenvalue weighted by Gasteiger charge is 2.15. The second-order valence-corrected chi connectivity index (χ2v) is 3.94. The van der Waals surface area contributed by atoms with Gasteiger partial charge in [0.25, 0.3) is 0 Å². The predicted molar refractivity (Wildman–Crippen MR) is 59.5 cm³/mol. The summed E-state index contributed by atoms with van der Waals surface area (Å²) in [7, 11) is 0. The van der Waals surface area contributed by atoms with Gasteiger partial charge in [0.05, 0.1) is 25.2 Å². The van der Waals surface area contributed by atoms with Gasteiger partial charge in [0, 0.05) is 26.2 Å². The summed E-state index contributed by atoms with van der Waals surface area (Å²) in [5.74, 6) is 0.106. The Bertz CT molecular complexity index is 196. The molecule has 0 saturated carbocycles. The molecule has 86 valence electrons. The van der Waals surface area contributed by atoms with Crippen molar-refractivity contribution in [2.45, 2.75) is 13.3 Å². The molecule has 1 heterocycles. The first kappa shape index (κ1) is 12.4. The lowest BCUT2D eigenvalue weighted by Gasteiger charge is -2.28. The molecule has 1 unspecified atom stereocenters. The van der Waals surface area contributed by atoms with Crippen molar-refractivity contribution in [1.82, 2.24) is 10.2 Å². The van der Waals surface area contributed by atoms with Crippen LogP contribution in [0.2, 0.25) is 0 Å². The number of nitriles is 1. The molecular formula is C11H21N3O. The molecular weight excluding hydrogens is 190 g/mol. The lowest BCUT2D eigenvalue weighted by atomic mass is 10.1. The smallest absolute Gasteiger partial charge is 0.0714 e. The molecule has 0 radical (unpaired) electrons. The number of nitrogens with one attached hydrogen (secondary N) is 1. The molecule has 0 spiro atoms. The van der Waals surface area contributed by atoms with Gasteiger partial charge in [-0.25, -0.2) is 0 Å². The van der Waals surface area contributed by atoms with E-state index in [1.54, 1.807) is 0 Å². The molecule has 1 saturated heterocycles. The Hall–Kier alpha value is -0.630. The second kappa shape index (κ2) is 7.63. The molecule has 15 heavy (non-hydrogen) atoms. The van der Waals surface area contributed by atoms with Crippen LogP contribution in [0.5, 0.6) is 0 Å². The van der Waals surface area contributed by atoms with E-state index in [4.69, 9.17) is 10.00 Å². The molecule has 0 aliphatic carbocycles. The SMILES string of the molecule is CCCNCC(C#N)CN1CCOCC1. The third kappa shape index (κ3) is 5.12. The molecule has 1 rings (SSSR count). The van der Waals surface area contributed by atoms with Gasteiger partial charge < -0.3 is 10.1 Å². The molecule has 0 bridgehead atoms. The van der Waals surface area contributed by atoms with Gasteiger partial charge in [-0.2, -0.15) is 5.26 Å². The maximum Gasteiger partial charge on any atom is 0.0714 e. The fraction of sp³-hybridized carbons (Fsp3) is 0.909. The van der Waals surface area contributed by atoms with Crippen LogP contribution < -0.4 is 5.32 Å². The Kier molecular flexibility index (Phi) is 6.33. The molecule has 4 heteroatoms. The molecule has 1 aliphatic heterocycles. The second-order valence-electron chi connectivity index (χ2n) is 3.94. The number of morpholine rings is 1. The van der Waals surface area contributed by atoms with Crippen molar-refractivity contribution >= 4 is 0 Å². The lowest BCUT2D eigenvalue weighted by Crippen LogP contribution is -2.41. The van der Waals surface area contributed by atoms with Crippen LogP contribution in [0.25, 0.3) is 0 Å². The van der Waals surface area contributed by atoms with E-state index >= 15 is 0 Å². The third-order valence-corrected chi connectivity index (χ3v) is 2.58. The zero-order valence-electron chi connectivity index (χ0n) is 9.54. The van der Waals surface area contributed by atoms with E-state index in [0.29, 0.717) is 0 Å². The van der Waals surface area contributed by atoms with Crippen LogP contribution >= 0.6 is 0 Å². The summed E-state index contributed by atoms with van der Waals surface area (Å²) < 4.78 is 5.27. The minimum absolute atomic E-state index is 0.106. The van der Waals surface area contributed by atoms with Crippen molar-refractivity contribution in [2.24, 2.45) is 5.92 Å². The summed E-state index contributed by atoms with van der Waals surface area (Å²) in [5, 5.41) is 12.3. The fourth-order valence-electron chi connectivity index (χ4n) is 1.70. The molecule has 0 amide bonds. The largest absolute Gasteiger partial charge is 0.379 e. The molecule has 0 aromatic rings. The van der Waals surface area contributed by atoms with E-state index in [-0.39, 0.29) is 5.92 Å². The molecule has 0 aromatic carbocycles. The molecule has 4 nitrogen and oxygen atoms in total. The number of rotatable bonds is 6. The normalized spacial score (nSPS) is 19.7. The quantitative estimate of drug-likeness (QED) is 0.648. The van der Waals surface area contributed by atoms with Gasteiger partial charge in [-0.3, -0.25) is 4.90 Å². The first-order chi connectivity index (χ1) is 7.36. The zero-order valence-corrected chi connectivity index (χ0v) is 9.54. The van der Waals surface area contributed by atoms with Crippen LogP contribution in [0.4, 0.5) is 0 Å². The van der Waals surface area contributed by atoms with E-state index < -0.39 is 0 Å². The van der Waals surface area contributed by atoms with Crippen molar-refractivity contribution in [3.05, 3.63) is 0 Å². The van der Waals surface area contributed by atoms with Crippen molar-refractivity contribution in [3.8, 4) is 6.07 Å². The van der Waals surface area contributed by atoms with Gasteiger partial charge in [0.2, 0.25) is 0 Å². The number of hydrogen-bond acceptors (Lipinski definition) is 4. The predicted octanol–water partition coefficient (Wildman–Crippen LogP) is 0.458. The van der Waals surface area contributed by atoms with Crippen molar-refractivity contribution in [3.63, 3.8) is 0 Å². The van der Waals surface area contributed by atoms with Gasteiger partial charge in [0.1, 0.15) is 0 Å². The topological polar surface area (TPSA) is 48.3 Å². The lowest BCUT2D eigenvalue weighted by molar-refractivity contribution is 0.0338. The van der Waals surface area contributed by atoms with Crippen LogP contribution in [-0.4, -0.2) is 50.8 Å². The highest BCUT2D eigenvalue weighted by Crippen LogP contribution is 2.02. The van der Waals surface area contributed by atoms with Crippen molar-refractivity contribution in [1.29, 1.82) is 5.26 Å². The number of nitrogens with zero attached hydrogens (tertiary/aromatic N) is 2. The summed E-state index contributed by atoms with van der Waals surface area (Å²) in [6.07, 6.45) is 1.12. The third-order valence-electron chi connectivity index (χ3n) is 2.58. The average Bonchev–Trinajstić information content (AvgIpc) is 2.29. The molecule has 0 aromatic heterocycles. The van der Waals surface area contributed by atoms with Crippen LogP contribution in [0, 0.1) is 17.2 Å². The van der Waals surface area contributed by atoms with Crippen molar-refractivity contribution in [2.75, 3.05) is 45.9 Å². The van der Waals surface area contributed by atoms with E-state index in [0.717, 1.165) is 52.4 Å². The van der Waals surface area contributed by atoms with Gasteiger partial charge in [0.15, 0.2) is 0 Å². The van der Waals surface area contributed by atoms with E-state index in [1.807, 2.05) is 0 Å². The fourth-order valence-corrected chi connectivity index (χ4v) is 1.70. The maximum atomic E-state index is 9.01. The maximum absolute atomic E-state index is 9.01. The molecule has 1 fully saturated rings. The average molecular weight is 211 g/mol. The van der Waals surface area contributed by atoms with E-state index in [1.165, 1.54) is 0 Å². The Labute approximate surface area is 92.2 Å². The highest BCUT2D eigenvalue weighted by molar-refractivity contribution is 4.87. The standard InChI is InChI=1S/C11H21N3O/c1-2-3-13-9-11(8-12)10-14-4-6-15-7-5-14/h11,13H,2-7,9-10H2,1H3. The van der Waals surface area contributed by atoms with Crippen LogP contribution in [0.15, 0.2) is 0 Å². The molecule has 1 N–H and O–H groups in total.